The van der Waals surface area contributed by atoms with Crippen molar-refractivity contribution in [2.75, 3.05) is 27.4 Å². The second-order valence-electron chi connectivity index (χ2n) is 7.09. The van der Waals surface area contributed by atoms with E-state index in [1.165, 1.54) is 26.6 Å². The number of ether oxygens (including phenoxy) is 4. The average molecular weight is 490 g/mol. The molecule has 1 aromatic heterocycles. The summed E-state index contributed by atoms with van der Waals surface area (Å²) < 4.78 is 22.8. The van der Waals surface area contributed by atoms with E-state index in [2.05, 4.69) is 4.98 Å². The van der Waals surface area contributed by atoms with Crippen LogP contribution in [0.3, 0.4) is 0 Å². The second kappa shape index (κ2) is 12.4. The molecular weight excluding hydrogens is 465 g/mol. The molecule has 0 aliphatic rings. The molecule has 33 heavy (non-hydrogen) atoms. The van der Waals surface area contributed by atoms with Crippen LogP contribution in [-0.4, -0.2) is 38.7 Å². The molecule has 1 atom stereocenters. The van der Waals surface area contributed by atoms with E-state index < -0.39 is 5.92 Å². The van der Waals surface area contributed by atoms with Crippen molar-refractivity contribution in [1.82, 2.24) is 4.98 Å². The van der Waals surface area contributed by atoms with Crippen molar-refractivity contribution in [3.63, 3.8) is 0 Å². The predicted octanol–water partition coefficient (Wildman–Crippen LogP) is 5.72. The lowest BCUT2D eigenvalue weighted by molar-refractivity contribution is -0.108. The largest absolute Gasteiger partial charge is 0.493 e. The van der Waals surface area contributed by atoms with Crippen LogP contribution in [0.4, 0.5) is 0 Å². The molecule has 3 rings (SSSR count). The third kappa shape index (κ3) is 6.16. The van der Waals surface area contributed by atoms with E-state index in [4.69, 9.17) is 42.1 Å². The van der Waals surface area contributed by atoms with Gasteiger partial charge in [-0.25, -0.2) is 0 Å². The number of carbonyl (C=O) groups is 1. The molecule has 0 bridgehead atoms. The molecule has 1 unspecified atom stereocenters. The van der Waals surface area contributed by atoms with Crippen molar-refractivity contribution in [2.24, 2.45) is 0 Å². The average Bonchev–Trinajstić information content (AvgIpc) is 2.84. The minimum atomic E-state index is -0.780. The van der Waals surface area contributed by atoms with Gasteiger partial charge in [-0.1, -0.05) is 59.6 Å². The second-order valence-corrected chi connectivity index (χ2v) is 7.90. The van der Waals surface area contributed by atoms with Crippen LogP contribution in [0.1, 0.15) is 29.0 Å². The standard InChI is InChI=1S/C25H25Cl2NO5/c1-30-22-10-9-18(19(15-29)23-20(26)13-28-14-21(23)27)24(25(22)31-2)33-12-6-11-32-16-17-7-4-3-5-8-17/h3-5,7-10,13-15,19H,6,11-12,16H2,1-2H3. The highest BCUT2D eigenvalue weighted by Gasteiger charge is 2.27. The van der Waals surface area contributed by atoms with Gasteiger partial charge in [0.1, 0.15) is 6.29 Å². The Morgan fingerprint density at radius 3 is 2.30 bits per heavy atom. The Morgan fingerprint density at radius 1 is 0.939 bits per heavy atom. The first-order chi connectivity index (χ1) is 16.1. The minimum Gasteiger partial charge on any atom is -0.493 e. The van der Waals surface area contributed by atoms with Crippen LogP contribution < -0.4 is 14.2 Å². The molecule has 0 N–H and O–H groups in total. The van der Waals surface area contributed by atoms with Crippen LogP contribution in [0.2, 0.25) is 10.0 Å². The molecule has 2 aromatic carbocycles. The van der Waals surface area contributed by atoms with Crippen molar-refractivity contribution < 1.29 is 23.7 Å². The first kappa shape index (κ1) is 24.8. The number of halogens is 2. The van der Waals surface area contributed by atoms with E-state index in [1.54, 1.807) is 12.1 Å². The maximum atomic E-state index is 12.2. The molecule has 8 heteroatoms. The molecular formula is C25H25Cl2NO5. The molecule has 0 aliphatic carbocycles. The summed E-state index contributed by atoms with van der Waals surface area (Å²) in [7, 11) is 3.05. The Labute approximate surface area is 203 Å². The lowest BCUT2D eigenvalue weighted by Crippen LogP contribution is -2.11. The van der Waals surface area contributed by atoms with Crippen molar-refractivity contribution in [3.8, 4) is 17.2 Å². The summed E-state index contributed by atoms with van der Waals surface area (Å²) in [6.45, 7) is 1.38. The van der Waals surface area contributed by atoms with E-state index in [0.717, 1.165) is 11.8 Å². The molecule has 174 valence electrons. The maximum Gasteiger partial charge on any atom is 0.203 e. The molecule has 0 amide bonds. The summed E-state index contributed by atoms with van der Waals surface area (Å²) in [5, 5.41) is 0.573. The summed E-state index contributed by atoms with van der Waals surface area (Å²) in [6, 6.07) is 13.4. The minimum absolute atomic E-state index is 0.287. The van der Waals surface area contributed by atoms with Crippen LogP contribution in [0, 0.1) is 0 Å². The number of carbonyl (C=O) groups excluding carboxylic acids is 1. The highest BCUT2D eigenvalue weighted by Crippen LogP contribution is 2.45. The molecule has 0 aliphatic heterocycles. The molecule has 1 heterocycles. The third-order valence-electron chi connectivity index (χ3n) is 4.99. The zero-order chi connectivity index (χ0) is 23.6. The van der Waals surface area contributed by atoms with Crippen LogP contribution in [0.25, 0.3) is 0 Å². The number of nitrogens with zero attached hydrogens (tertiary/aromatic N) is 1. The molecule has 3 aromatic rings. The lowest BCUT2D eigenvalue weighted by atomic mass is 9.92. The van der Waals surface area contributed by atoms with E-state index in [9.17, 15) is 4.79 Å². The van der Waals surface area contributed by atoms with Crippen LogP contribution in [0.15, 0.2) is 54.9 Å². The van der Waals surface area contributed by atoms with E-state index >= 15 is 0 Å². The number of pyridine rings is 1. The SMILES string of the molecule is COc1ccc(C(C=O)c2c(Cl)cncc2Cl)c(OCCCOCc2ccccc2)c1OC. The Bertz CT molecular complexity index is 1040. The maximum absolute atomic E-state index is 12.2. The van der Waals surface area contributed by atoms with Gasteiger partial charge in [0.05, 0.1) is 50.0 Å². The van der Waals surface area contributed by atoms with Crippen LogP contribution in [-0.2, 0) is 16.1 Å². The third-order valence-corrected chi connectivity index (χ3v) is 5.60. The van der Waals surface area contributed by atoms with E-state index in [-0.39, 0.29) is 10.0 Å². The van der Waals surface area contributed by atoms with Crippen molar-refractivity contribution in [2.45, 2.75) is 18.9 Å². The zero-order valence-electron chi connectivity index (χ0n) is 18.4. The molecule has 6 nitrogen and oxygen atoms in total. The Balaban J connectivity index is 1.79. The van der Waals surface area contributed by atoms with Crippen molar-refractivity contribution >= 4 is 29.5 Å². The number of methoxy groups -OCH3 is 2. The first-order valence-electron chi connectivity index (χ1n) is 10.3. The highest BCUT2D eigenvalue weighted by atomic mass is 35.5. The summed E-state index contributed by atoms with van der Waals surface area (Å²) in [6.07, 6.45) is 4.30. The topological polar surface area (TPSA) is 66.9 Å². The van der Waals surface area contributed by atoms with Gasteiger partial charge in [0, 0.05) is 29.9 Å². The number of benzene rings is 2. The first-order valence-corrected chi connectivity index (χ1v) is 11.1. The fourth-order valence-corrected chi connectivity index (χ4v) is 4.02. The number of rotatable bonds is 12. The normalized spacial score (nSPS) is 11.6. The fourth-order valence-electron chi connectivity index (χ4n) is 3.42. The monoisotopic (exact) mass is 489 g/mol. The van der Waals surface area contributed by atoms with Gasteiger partial charge in [-0.3, -0.25) is 4.98 Å². The van der Waals surface area contributed by atoms with Crippen molar-refractivity contribution in [3.05, 3.63) is 81.6 Å². The van der Waals surface area contributed by atoms with Crippen molar-refractivity contribution in [1.29, 1.82) is 0 Å². The van der Waals surface area contributed by atoms with Gasteiger partial charge in [-0.05, 0) is 11.6 Å². The van der Waals surface area contributed by atoms with Crippen LogP contribution >= 0.6 is 23.2 Å². The number of aromatic nitrogens is 1. The molecule has 0 spiro atoms. The quantitative estimate of drug-likeness (QED) is 0.239. The van der Waals surface area contributed by atoms with Gasteiger partial charge < -0.3 is 23.7 Å². The smallest absolute Gasteiger partial charge is 0.203 e. The summed E-state index contributed by atoms with van der Waals surface area (Å²) in [4.78, 5) is 16.1. The molecule has 0 fully saturated rings. The lowest BCUT2D eigenvalue weighted by Gasteiger charge is -2.21. The van der Waals surface area contributed by atoms with Gasteiger partial charge >= 0.3 is 0 Å². The van der Waals surface area contributed by atoms with Gasteiger partial charge in [0.25, 0.3) is 0 Å². The Kier molecular flexibility index (Phi) is 9.36. The van der Waals surface area contributed by atoms with Crippen LogP contribution in [0.5, 0.6) is 17.2 Å². The van der Waals surface area contributed by atoms with Gasteiger partial charge in [0.2, 0.25) is 5.75 Å². The van der Waals surface area contributed by atoms with Gasteiger partial charge in [-0.15, -0.1) is 0 Å². The predicted molar refractivity (Wildman–Crippen MR) is 128 cm³/mol. The Hall–Kier alpha value is -2.80. The summed E-state index contributed by atoms with van der Waals surface area (Å²) in [5.74, 6) is 0.472. The number of hydrogen-bond acceptors (Lipinski definition) is 6. The molecule has 0 saturated heterocycles. The summed E-state index contributed by atoms with van der Waals surface area (Å²) >= 11 is 12.7. The zero-order valence-corrected chi connectivity index (χ0v) is 19.9. The molecule has 0 radical (unpaired) electrons. The van der Waals surface area contributed by atoms with E-state index in [0.29, 0.717) is 54.6 Å². The van der Waals surface area contributed by atoms with Gasteiger partial charge in [0.15, 0.2) is 11.5 Å². The molecule has 0 saturated carbocycles. The van der Waals surface area contributed by atoms with E-state index in [1.807, 2.05) is 30.3 Å². The number of hydrogen-bond donors (Lipinski definition) is 0. The fraction of sp³-hybridized carbons (Fsp3) is 0.280. The Morgan fingerprint density at radius 2 is 1.67 bits per heavy atom. The summed E-state index contributed by atoms with van der Waals surface area (Å²) in [5.41, 5.74) is 2.12. The highest BCUT2D eigenvalue weighted by molar-refractivity contribution is 6.36. The number of aldehydes is 1. The van der Waals surface area contributed by atoms with Gasteiger partial charge in [-0.2, -0.15) is 0 Å².